The summed E-state index contributed by atoms with van der Waals surface area (Å²) >= 11 is 5.46. The average Bonchev–Trinajstić information content (AvgIpc) is 2.61. The van der Waals surface area contributed by atoms with Crippen molar-refractivity contribution >= 4 is 23.8 Å². The molecule has 0 aliphatic heterocycles. The van der Waals surface area contributed by atoms with Gasteiger partial charge in [0.15, 0.2) is 6.29 Å². The lowest BCUT2D eigenvalue weighted by Gasteiger charge is -2.20. The number of hydrogen-bond acceptors (Lipinski definition) is 3. The number of nitrogens with zero attached hydrogens (tertiary/aromatic N) is 1. The molecule has 1 aromatic rings. The number of amides is 1. The molecule has 0 spiro atoms. The van der Waals surface area contributed by atoms with Crippen LogP contribution in [-0.2, 0) is 0 Å². The van der Waals surface area contributed by atoms with Crippen LogP contribution in [0.3, 0.4) is 0 Å². The van der Waals surface area contributed by atoms with Crippen molar-refractivity contribution in [1.29, 1.82) is 0 Å². The minimum atomic E-state index is -0.769. The van der Waals surface area contributed by atoms with Gasteiger partial charge in [0.2, 0.25) is 0 Å². The molecule has 1 atom stereocenters. The summed E-state index contributed by atoms with van der Waals surface area (Å²) in [6, 6.07) is 6.53. The third-order valence-electron chi connectivity index (χ3n) is 2.66. The number of alkyl halides is 1. The van der Waals surface area contributed by atoms with E-state index in [1.165, 1.54) is 11.3 Å². The van der Waals surface area contributed by atoms with E-state index in [1.807, 2.05) is 26.0 Å². The van der Waals surface area contributed by atoms with Crippen LogP contribution in [0.2, 0.25) is 0 Å². The Hall–Kier alpha value is -1.65. The average molecular weight is 356 g/mol. The fourth-order valence-electron chi connectivity index (χ4n) is 1.45. The topological polar surface area (TPSA) is 57.6 Å². The van der Waals surface area contributed by atoms with Gasteiger partial charge in [-0.1, -0.05) is 50.6 Å². The van der Waals surface area contributed by atoms with Gasteiger partial charge in [-0.25, -0.2) is 0 Å². The maximum Gasteiger partial charge on any atom is 0.254 e. The summed E-state index contributed by atoms with van der Waals surface area (Å²) in [5, 5.41) is 9.36. The van der Waals surface area contributed by atoms with Gasteiger partial charge in [-0.3, -0.25) is 9.59 Å². The van der Waals surface area contributed by atoms with Gasteiger partial charge in [0, 0.05) is 19.2 Å². The number of benzene rings is 1. The predicted molar refractivity (Wildman–Crippen MR) is 102 cm³/mol. The first-order valence-corrected chi connectivity index (χ1v) is 8.57. The van der Waals surface area contributed by atoms with E-state index in [0.717, 1.165) is 0 Å². The maximum absolute atomic E-state index is 12.0. The van der Waals surface area contributed by atoms with Crippen molar-refractivity contribution in [2.24, 2.45) is 0 Å². The number of halogens is 1. The number of likely N-dealkylation sites (N-methyl/N-ethyl adjacent to an activating group) is 1. The Morgan fingerprint density at radius 2 is 1.75 bits per heavy atom. The lowest BCUT2D eigenvalue weighted by Crippen LogP contribution is -2.35. The number of aldehydes is 1. The van der Waals surface area contributed by atoms with Gasteiger partial charge in [-0.15, -0.1) is 11.6 Å². The number of hydrogen-bond donors (Lipinski definition) is 1. The monoisotopic (exact) mass is 355 g/mol. The van der Waals surface area contributed by atoms with E-state index in [-0.39, 0.29) is 18.3 Å². The van der Waals surface area contributed by atoms with Crippen LogP contribution in [0.15, 0.2) is 36.4 Å². The Kier molecular flexibility index (Phi) is 16.6. The van der Waals surface area contributed by atoms with Crippen molar-refractivity contribution in [2.45, 2.75) is 40.2 Å². The molecular weight excluding hydrogens is 326 g/mol. The van der Waals surface area contributed by atoms with Crippen molar-refractivity contribution in [3.63, 3.8) is 0 Å². The van der Waals surface area contributed by atoms with Crippen LogP contribution in [0.1, 0.15) is 54.8 Å². The van der Waals surface area contributed by atoms with E-state index < -0.39 is 6.10 Å². The van der Waals surface area contributed by atoms with E-state index in [2.05, 4.69) is 13.8 Å². The highest BCUT2D eigenvalue weighted by atomic mass is 35.5. The first kappa shape index (κ1) is 24.6. The molecule has 0 aromatic heterocycles. The molecule has 136 valence electrons. The lowest BCUT2D eigenvalue weighted by molar-refractivity contribution is 0.0705. The zero-order valence-corrected chi connectivity index (χ0v) is 16.1. The van der Waals surface area contributed by atoms with Crippen LogP contribution in [0, 0.1) is 0 Å². The summed E-state index contributed by atoms with van der Waals surface area (Å²) in [5.41, 5.74) is 0.663. The Labute approximate surface area is 151 Å². The van der Waals surface area contributed by atoms with Gasteiger partial charge in [-0.2, -0.15) is 0 Å². The number of carbonyl (C=O) groups is 2. The molecule has 0 saturated carbocycles. The van der Waals surface area contributed by atoms with Crippen LogP contribution in [0.5, 0.6) is 0 Å². The van der Waals surface area contributed by atoms with Crippen LogP contribution < -0.4 is 0 Å². The summed E-state index contributed by atoms with van der Waals surface area (Å²) in [7, 11) is 1.56. The molecule has 1 rings (SSSR count). The SMILES string of the molecule is C/C=C\C.CCC.CN(CC(O)CCl)C(=O)c1ccccc1C=O. The minimum Gasteiger partial charge on any atom is -0.390 e. The highest BCUT2D eigenvalue weighted by Crippen LogP contribution is 2.09. The maximum atomic E-state index is 12.0. The molecular formula is C19H30ClNO3. The van der Waals surface area contributed by atoms with Gasteiger partial charge in [-0.05, 0) is 19.9 Å². The molecule has 1 unspecified atom stereocenters. The van der Waals surface area contributed by atoms with Gasteiger partial charge in [0.25, 0.3) is 5.91 Å². The quantitative estimate of drug-likeness (QED) is 0.490. The minimum absolute atomic E-state index is 0.0624. The Balaban J connectivity index is 0. The molecule has 1 aromatic carbocycles. The second-order valence-corrected chi connectivity index (χ2v) is 5.38. The van der Waals surface area contributed by atoms with Crippen LogP contribution in [0.4, 0.5) is 0 Å². The van der Waals surface area contributed by atoms with Gasteiger partial charge in [0.05, 0.1) is 17.5 Å². The molecule has 0 aliphatic rings. The summed E-state index contributed by atoms with van der Waals surface area (Å²) in [4.78, 5) is 24.1. The van der Waals surface area contributed by atoms with Crippen LogP contribution >= 0.6 is 11.6 Å². The summed E-state index contributed by atoms with van der Waals surface area (Å²) in [6.07, 6.45) is 5.12. The van der Waals surface area contributed by atoms with Crippen molar-refractivity contribution in [3.8, 4) is 0 Å². The van der Waals surface area contributed by atoms with Crippen LogP contribution in [0.25, 0.3) is 0 Å². The largest absolute Gasteiger partial charge is 0.390 e. The van der Waals surface area contributed by atoms with Gasteiger partial charge >= 0.3 is 0 Å². The third-order valence-corrected chi connectivity index (χ3v) is 3.02. The molecule has 1 amide bonds. The molecule has 5 heteroatoms. The lowest BCUT2D eigenvalue weighted by atomic mass is 10.1. The molecule has 0 heterocycles. The normalized spacial score (nSPS) is 10.8. The first-order valence-electron chi connectivity index (χ1n) is 8.04. The van der Waals surface area contributed by atoms with Crippen molar-refractivity contribution < 1.29 is 14.7 Å². The first-order chi connectivity index (χ1) is 11.4. The summed E-state index contributed by atoms with van der Waals surface area (Å²) in [5.74, 6) is -0.246. The van der Waals surface area contributed by atoms with Gasteiger partial charge < -0.3 is 10.0 Å². The molecule has 0 radical (unpaired) electrons. The highest BCUT2D eigenvalue weighted by molar-refractivity contribution is 6.18. The van der Waals surface area contributed by atoms with Crippen LogP contribution in [-0.4, -0.2) is 47.8 Å². The van der Waals surface area contributed by atoms with Crippen molar-refractivity contribution in [3.05, 3.63) is 47.5 Å². The summed E-state index contributed by atoms with van der Waals surface area (Å²) in [6.45, 7) is 8.38. The fraction of sp³-hybridized carbons (Fsp3) is 0.474. The number of aliphatic hydroxyl groups is 1. The van der Waals surface area contributed by atoms with Crippen molar-refractivity contribution in [1.82, 2.24) is 4.90 Å². The number of carbonyl (C=O) groups excluding carboxylic acids is 2. The molecule has 4 nitrogen and oxygen atoms in total. The highest BCUT2D eigenvalue weighted by Gasteiger charge is 2.17. The van der Waals surface area contributed by atoms with Gasteiger partial charge in [0.1, 0.15) is 0 Å². The molecule has 24 heavy (non-hydrogen) atoms. The second kappa shape index (κ2) is 16.2. The number of rotatable bonds is 5. The number of allylic oxidation sites excluding steroid dienone is 2. The van der Waals surface area contributed by atoms with E-state index in [4.69, 9.17) is 11.6 Å². The summed E-state index contributed by atoms with van der Waals surface area (Å²) < 4.78 is 0. The van der Waals surface area contributed by atoms with Crippen molar-refractivity contribution in [2.75, 3.05) is 19.5 Å². The Bertz CT molecular complexity index is 485. The standard InChI is InChI=1S/C12H14ClNO3.C4H8.C3H8/c1-14(7-10(16)6-13)12(17)11-5-3-2-4-9(11)8-15;1-3-4-2;1-3-2/h2-5,8,10,16H,6-7H2,1H3;3-4H,1-2H3;3H2,1-2H3/b;4-3-;. The Morgan fingerprint density at radius 3 is 2.17 bits per heavy atom. The fourth-order valence-corrected chi connectivity index (χ4v) is 1.55. The molecule has 0 saturated heterocycles. The molecule has 1 N–H and O–H groups in total. The van der Waals surface area contributed by atoms with E-state index in [9.17, 15) is 14.7 Å². The second-order valence-electron chi connectivity index (χ2n) is 5.07. The van der Waals surface area contributed by atoms with E-state index in [0.29, 0.717) is 17.4 Å². The van der Waals surface area contributed by atoms with E-state index >= 15 is 0 Å². The molecule has 0 bridgehead atoms. The molecule has 0 fully saturated rings. The third kappa shape index (κ3) is 11.0. The zero-order valence-electron chi connectivity index (χ0n) is 15.3. The smallest absolute Gasteiger partial charge is 0.254 e. The van der Waals surface area contributed by atoms with E-state index in [1.54, 1.807) is 31.3 Å². The molecule has 0 aliphatic carbocycles. The predicted octanol–water partition coefficient (Wildman–Crippen LogP) is 4.17. The number of aliphatic hydroxyl groups excluding tert-OH is 1. The Morgan fingerprint density at radius 1 is 1.25 bits per heavy atom. The zero-order chi connectivity index (χ0) is 19.0.